The molecule has 0 N–H and O–H groups in total. The number of rotatable bonds is 5. The minimum Gasteiger partial charge on any atom is -0.339 e. The zero-order valence-electron chi connectivity index (χ0n) is 12.4. The van der Waals surface area contributed by atoms with E-state index in [0.717, 1.165) is 19.5 Å². The van der Waals surface area contributed by atoms with Crippen LogP contribution >= 0.6 is 0 Å². The van der Waals surface area contributed by atoms with Crippen LogP contribution in [0.4, 0.5) is 0 Å². The first-order valence-corrected chi connectivity index (χ1v) is 6.90. The van der Waals surface area contributed by atoms with Gasteiger partial charge in [-0.25, -0.2) is 0 Å². The van der Waals surface area contributed by atoms with E-state index in [0.29, 0.717) is 17.5 Å². The molecule has 3 heteroatoms. The zero-order valence-corrected chi connectivity index (χ0v) is 12.4. The summed E-state index contributed by atoms with van der Waals surface area (Å²) in [5.41, 5.74) is 0.323. The maximum atomic E-state index is 4.56. The molecule has 17 heavy (non-hydrogen) atoms. The van der Waals surface area contributed by atoms with E-state index in [1.807, 2.05) is 6.34 Å². The van der Waals surface area contributed by atoms with Crippen molar-refractivity contribution in [2.45, 2.75) is 60.5 Å². The fourth-order valence-corrected chi connectivity index (χ4v) is 2.27. The highest BCUT2D eigenvalue weighted by Gasteiger charge is 2.30. The lowest BCUT2D eigenvalue weighted by Crippen LogP contribution is -2.44. The summed E-state index contributed by atoms with van der Waals surface area (Å²) in [7, 11) is 0. The molecule has 1 atom stereocenters. The Bertz CT molecular complexity index is 253. The van der Waals surface area contributed by atoms with Crippen LogP contribution in [0.15, 0.2) is 5.10 Å². The third-order valence-electron chi connectivity index (χ3n) is 2.87. The van der Waals surface area contributed by atoms with E-state index < -0.39 is 0 Å². The van der Waals surface area contributed by atoms with Crippen molar-refractivity contribution < 1.29 is 0 Å². The molecule has 1 aliphatic rings. The Morgan fingerprint density at radius 2 is 1.94 bits per heavy atom. The smallest absolute Gasteiger partial charge is 0.119 e. The van der Waals surface area contributed by atoms with Crippen LogP contribution in [0, 0.1) is 11.3 Å². The minimum atomic E-state index is 0.323. The highest BCUT2D eigenvalue weighted by atomic mass is 15.6. The zero-order chi connectivity index (χ0) is 13.1. The monoisotopic (exact) mass is 239 g/mol. The van der Waals surface area contributed by atoms with Gasteiger partial charge >= 0.3 is 0 Å². The number of hydrogen-bond donors (Lipinski definition) is 0. The van der Waals surface area contributed by atoms with Crippen molar-refractivity contribution in [1.29, 1.82) is 0 Å². The molecule has 0 amide bonds. The lowest BCUT2D eigenvalue weighted by Gasteiger charge is -2.35. The van der Waals surface area contributed by atoms with Gasteiger partial charge in [-0.3, -0.25) is 5.01 Å². The van der Waals surface area contributed by atoms with Crippen LogP contribution in [-0.2, 0) is 0 Å². The molecular formula is C14H29N3. The predicted molar refractivity (Wildman–Crippen MR) is 74.9 cm³/mol. The predicted octanol–water partition coefficient (Wildman–Crippen LogP) is 3.38. The quantitative estimate of drug-likeness (QED) is 0.732. The molecule has 0 radical (unpaired) electrons. The van der Waals surface area contributed by atoms with Crippen molar-refractivity contribution in [2.75, 3.05) is 13.1 Å². The van der Waals surface area contributed by atoms with Crippen LogP contribution in [0.1, 0.15) is 54.4 Å². The van der Waals surface area contributed by atoms with Gasteiger partial charge in [0, 0.05) is 13.1 Å². The molecule has 0 spiro atoms. The second-order valence-electron chi connectivity index (χ2n) is 6.74. The van der Waals surface area contributed by atoms with Gasteiger partial charge < -0.3 is 4.90 Å². The molecule has 1 rings (SSSR count). The van der Waals surface area contributed by atoms with Gasteiger partial charge in [-0.2, -0.15) is 5.10 Å². The fraction of sp³-hybridized carbons (Fsp3) is 0.929. The molecule has 0 saturated heterocycles. The van der Waals surface area contributed by atoms with Crippen molar-refractivity contribution in [3.63, 3.8) is 0 Å². The summed E-state index contributed by atoms with van der Waals surface area (Å²) in [4.78, 5) is 2.41. The summed E-state index contributed by atoms with van der Waals surface area (Å²) >= 11 is 0. The van der Waals surface area contributed by atoms with Gasteiger partial charge in [-0.05, 0) is 24.2 Å². The molecule has 1 aliphatic heterocycles. The van der Waals surface area contributed by atoms with E-state index in [4.69, 9.17) is 0 Å². The van der Waals surface area contributed by atoms with E-state index in [1.54, 1.807) is 0 Å². The van der Waals surface area contributed by atoms with E-state index in [2.05, 4.69) is 56.6 Å². The second-order valence-corrected chi connectivity index (χ2v) is 6.74. The largest absolute Gasteiger partial charge is 0.339 e. The Labute approximate surface area is 107 Å². The van der Waals surface area contributed by atoms with Gasteiger partial charge in [-0.1, -0.05) is 41.5 Å². The van der Waals surface area contributed by atoms with Crippen LogP contribution in [0.25, 0.3) is 0 Å². The van der Waals surface area contributed by atoms with Crippen molar-refractivity contribution in [1.82, 2.24) is 9.91 Å². The second kappa shape index (κ2) is 5.74. The summed E-state index contributed by atoms with van der Waals surface area (Å²) in [5, 5.41) is 6.82. The lowest BCUT2D eigenvalue weighted by atomic mass is 9.95. The lowest BCUT2D eigenvalue weighted by molar-refractivity contribution is 0.0896. The average molecular weight is 239 g/mol. The topological polar surface area (TPSA) is 18.8 Å². The Hall–Kier alpha value is -0.730. The first-order chi connectivity index (χ1) is 7.83. The van der Waals surface area contributed by atoms with Gasteiger partial charge in [0.15, 0.2) is 0 Å². The summed E-state index contributed by atoms with van der Waals surface area (Å²) in [6.45, 7) is 15.8. The molecule has 1 unspecified atom stereocenters. The molecule has 0 aromatic heterocycles. The first-order valence-electron chi connectivity index (χ1n) is 6.90. The van der Waals surface area contributed by atoms with Gasteiger partial charge in [-0.15, -0.1) is 0 Å². The van der Waals surface area contributed by atoms with Crippen molar-refractivity contribution in [3.05, 3.63) is 0 Å². The average Bonchev–Trinajstić information content (AvgIpc) is 2.47. The molecule has 0 saturated carbocycles. The van der Waals surface area contributed by atoms with Crippen LogP contribution in [-0.4, -0.2) is 35.5 Å². The van der Waals surface area contributed by atoms with E-state index >= 15 is 0 Å². The molecule has 0 aromatic rings. The number of nitrogens with zero attached hydrogens (tertiary/aromatic N) is 3. The summed E-state index contributed by atoms with van der Waals surface area (Å²) in [6.07, 6.45) is 4.86. The van der Waals surface area contributed by atoms with Crippen LogP contribution in [0.3, 0.4) is 0 Å². The Morgan fingerprint density at radius 3 is 2.41 bits per heavy atom. The Morgan fingerprint density at radius 1 is 1.29 bits per heavy atom. The molecule has 0 aliphatic carbocycles. The Kier molecular flexibility index (Phi) is 4.84. The van der Waals surface area contributed by atoms with Gasteiger partial charge in [0.1, 0.15) is 12.5 Å². The summed E-state index contributed by atoms with van der Waals surface area (Å²) < 4.78 is 0. The fourth-order valence-electron chi connectivity index (χ4n) is 2.27. The summed E-state index contributed by atoms with van der Waals surface area (Å²) in [5.74, 6) is 0.712. The van der Waals surface area contributed by atoms with Crippen molar-refractivity contribution in [2.24, 2.45) is 16.4 Å². The maximum absolute atomic E-state index is 4.56. The van der Waals surface area contributed by atoms with Crippen LogP contribution in [0.5, 0.6) is 0 Å². The number of hydrogen-bond acceptors (Lipinski definition) is 3. The molecule has 0 fully saturated rings. The van der Waals surface area contributed by atoms with E-state index in [9.17, 15) is 0 Å². The standard InChI is InChI=1S/C14H29N3/c1-7-8-17-13(9-12(2)3)16(11-15-17)10-14(4,5)6/h11-13H,7-10H2,1-6H3. The molecule has 0 aromatic carbocycles. The van der Waals surface area contributed by atoms with E-state index in [1.165, 1.54) is 6.42 Å². The first kappa shape index (κ1) is 14.3. The van der Waals surface area contributed by atoms with Crippen LogP contribution in [0.2, 0.25) is 0 Å². The third-order valence-corrected chi connectivity index (χ3v) is 2.87. The number of hydrazone groups is 1. The normalized spacial score (nSPS) is 20.8. The van der Waals surface area contributed by atoms with Gasteiger partial charge in [0.2, 0.25) is 0 Å². The van der Waals surface area contributed by atoms with Gasteiger partial charge in [0.25, 0.3) is 0 Å². The molecule has 3 nitrogen and oxygen atoms in total. The summed E-state index contributed by atoms with van der Waals surface area (Å²) in [6, 6.07) is 0. The molecular weight excluding hydrogens is 210 g/mol. The SMILES string of the molecule is CCCN1N=CN(CC(C)(C)C)C1CC(C)C. The molecule has 0 bridgehead atoms. The third kappa shape index (κ3) is 4.57. The van der Waals surface area contributed by atoms with Crippen LogP contribution < -0.4 is 0 Å². The highest BCUT2D eigenvalue weighted by molar-refractivity contribution is 5.57. The minimum absolute atomic E-state index is 0.323. The molecule has 1 heterocycles. The van der Waals surface area contributed by atoms with Crippen molar-refractivity contribution >= 4 is 6.34 Å². The Balaban J connectivity index is 2.66. The van der Waals surface area contributed by atoms with Crippen molar-refractivity contribution in [3.8, 4) is 0 Å². The van der Waals surface area contributed by atoms with E-state index in [-0.39, 0.29) is 0 Å². The molecule has 100 valence electrons. The maximum Gasteiger partial charge on any atom is 0.119 e. The van der Waals surface area contributed by atoms with Gasteiger partial charge in [0.05, 0.1) is 0 Å². The highest BCUT2D eigenvalue weighted by Crippen LogP contribution is 2.24.